The molecule has 22 heavy (non-hydrogen) atoms. The van der Waals surface area contributed by atoms with Crippen LogP contribution in [-0.2, 0) is 11.3 Å². The summed E-state index contributed by atoms with van der Waals surface area (Å²) < 4.78 is 5.12. The first-order valence-electron chi connectivity index (χ1n) is 6.55. The summed E-state index contributed by atoms with van der Waals surface area (Å²) in [5.74, 6) is -0.546. The van der Waals surface area contributed by atoms with Gasteiger partial charge in [0.25, 0.3) is 0 Å². The van der Waals surface area contributed by atoms with Crippen molar-refractivity contribution in [2.75, 3.05) is 5.32 Å². The Morgan fingerprint density at radius 2 is 1.86 bits per heavy atom. The minimum atomic E-state index is -0.611. The van der Waals surface area contributed by atoms with Crippen LogP contribution in [-0.4, -0.2) is 12.0 Å². The van der Waals surface area contributed by atoms with E-state index in [1.807, 2.05) is 0 Å². The minimum absolute atomic E-state index is 0.123. The van der Waals surface area contributed by atoms with Crippen molar-refractivity contribution < 1.29 is 14.3 Å². The van der Waals surface area contributed by atoms with Gasteiger partial charge in [0.15, 0.2) is 0 Å². The van der Waals surface area contributed by atoms with E-state index in [9.17, 15) is 9.59 Å². The van der Waals surface area contributed by atoms with Gasteiger partial charge in [-0.05, 0) is 42.3 Å². The molecule has 2 aromatic carbocycles. The summed E-state index contributed by atoms with van der Waals surface area (Å²) in [6.07, 6.45) is -0.611. The Morgan fingerprint density at radius 1 is 1.18 bits per heavy atom. The number of nitrogens with two attached hydrogens (primary N) is 1. The van der Waals surface area contributed by atoms with Crippen molar-refractivity contribution in [1.29, 1.82) is 0 Å². The highest BCUT2D eigenvalue weighted by atomic mass is 35.5. The fourth-order valence-electron chi connectivity index (χ4n) is 1.91. The molecule has 0 radical (unpaired) electrons. The molecule has 5 nitrogen and oxygen atoms in total. The number of hydrogen-bond donors (Lipinski definition) is 2. The maximum absolute atomic E-state index is 11.8. The molecule has 114 valence electrons. The molecule has 0 aliphatic heterocycles. The Hall–Kier alpha value is -2.53. The Bertz CT molecular complexity index is 699. The van der Waals surface area contributed by atoms with E-state index in [4.69, 9.17) is 22.1 Å². The van der Waals surface area contributed by atoms with Crippen LogP contribution < -0.4 is 11.1 Å². The number of rotatable bonds is 4. The number of halogens is 1. The van der Waals surface area contributed by atoms with E-state index in [1.165, 1.54) is 0 Å². The molecule has 0 bridgehead atoms. The van der Waals surface area contributed by atoms with Gasteiger partial charge in [0.05, 0.1) is 0 Å². The first-order chi connectivity index (χ1) is 10.5. The Kier molecular flexibility index (Phi) is 5.01. The molecule has 0 atom stereocenters. The molecule has 0 saturated carbocycles. The van der Waals surface area contributed by atoms with Gasteiger partial charge in [-0.1, -0.05) is 29.8 Å². The number of carbonyl (C=O) groups is 2. The fourth-order valence-corrected chi connectivity index (χ4v) is 2.04. The van der Waals surface area contributed by atoms with Gasteiger partial charge in [-0.2, -0.15) is 0 Å². The smallest absolute Gasteiger partial charge is 0.411 e. The van der Waals surface area contributed by atoms with Gasteiger partial charge >= 0.3 is 6.09 Å². The van der Waals surface area contributed by atoms with Gasteiger partial charge in [-0.25, -0.2) is 4.79 Å². The number of carbonyl (C=O) groups excluding carboxylic acids is 2. The van der Waals surface area contributed by atoms with Crippen molar-refractivity contribution in [2.45, 2.75) is 13.5 Å². The Balaban J connectivity index is 1.99. The third-order valence-corrected chi connectivity index (χ3v) is 3.37. The molecule has 0 heterocycles. The lowest BCUT2D eigenvalue weighted by Gasteiger charge is -2.11. The van der Waals surface area contributed by atoms with E-state index >= 15 is 0 Å². The molecule has 0 fully saturated rings. The van der Waals surface area contributed by atoms with E-state index in [-0.39, 0.29) is 6.61 Å². The van der Waals surface area contributed by atoms with Crippen LogP contribution in [0.25, 0.3) is 0 Å². The first-order valence-corrected chi connectivity index (χ1v) is 6.93. The van der Waals surface area contributed by atoms with Crippen LogP contribution in [0.5, 0.6) is 0 Å². The SMILES string of the molecule is Cc1c(NC(=O)OCc2ccc(Cl)cc2)cccc1C(N)=O. The third kappa shape index (κ3) is 3.99. The maximum Gasteiger partial charge on any atom is 0.411 e. The van der Waals surface area contributed by atoms with E-state index in [2.05, 4.69) is 5.32 Å². The average Bonchev–Trinajstić information content (AvgIpc) is 2.48. The van der Waals surface area contributed by atoms with Crippen molar-refractivity contribution in [3.8, 4) is 0 Å². The van der Waals surface area contributed by atoms with Gasteiger partial charge < -0.3 is 10.5 Å². The van der Waals surface area contributed by atoms with Crippen molar-refractivity contribution in [3.63, 3.8) is 0 Å². The second-order valence-corrected chi connectivity index (χ2v) is 5.11. The average molecular weight is 319 g/mol. The van der Waals surface area contributed by atoms with E-state index < -0.39 is 12.0 Å². The number of nitrogens with one attached hydrogen (secondary N) is 1. The van der Waals surface area contributed by atoms with Gasteiger partial charge in [-0.15, -0.1) is 0 Å². The highest BCUT2D eigenvalue weighted by Crippen LogP contribution is 2.19. The van der Waals surface area contributed by atoms with Gasteiger partial charge in [0.2, 0.25) is 5.91 Å². The molecule has 0 aromatic heterocycles. The highest BCUT2D eigenvalue weighted by Gasteiger charge is 2.11. The summed E-state index contributed by atoms with van der Waals surface area (Å²) in [4.78, 5) is 23.1. The second-order valence-electron chi connectivity index (χ2n) is 4.67. The summed E-state index contributed by atoms with van der Waals surface area (Å²) in [5.41, 5.74) is 7.53. The number of amides is 2. The maximum atomic E-state index is 11.8. The van der Waals surface area contributed by atoms with Crippen molar-refractivity contribution in [3.05, 3.63) is 64.2 Å². The van der Waals surface area contributed by atoms with Crippen molar-refractivity contribution in [1.82, 2.24) is 0 Å². The molecule has 0 saturated heterocycles. The van der Waals surface area contributed by atoms with Gasteiger partial charge in [0.1, 0.15) is 6.61 Å². The molecule has 0 spiro atoms. The second kappa shape index (κ2) is 6.95. The monoisotopic (exact) mass is 318 g/mol. The lowest BCUT2D eigenvalue weighted by Crippen LogP contribution is -2.17. The highest BCUT2D eigenvalue weighted by molar-refractivity contribution is 6.30. The van der Waals surface area contributed by atoms with Crippen LogP contribution in [0, 0.1) is 6.92 Å². The first kappa shape index (κ1) is 15.9. The predicted molar refractivity (Wildman–Crippen MR) is 85.0 cm³/mol. The largest absolute Gasteiger partial charge is 0.444 e. The normalized spacial score (nSPS) is 10.1. The number of primary amides is 1. The molecular formula is C16H15ClN2O3. The lowest BCUT2D eigenvalue weighted by molar-refractivity contribution is 0.0999. The molecule has 2 rings (SSSR count). The number of hydrogen-bond acceptors (Lipinski definition) is 3. The predicted octanol–water partition coefficient (Wildman–Crippen LogP) is 3.50. The van der Waals surface area contributed by atoms with E-state index in [0.717, 1.165) is 5.56 Å². The zero-order valence-electron chi connectivity index (χ0n) is 11.9. The molecule has 6 heteroatoms. The summed E-state index contributed by atoms with van der Waals surface area (Å²) >= 11 is 5.78. The number of anilines is 1. The zero-order valence-corrected chi connectivity index (χ0v) is 12.7. The topological polar surface area (TPSA) is 81.4 Å². The standard InChI is InChI=1S/C16H15ClN2O3/c1-10-13(15(18)20)3-2-4-14(10)19-16(21)22-9-11-5-7-12(17)8-6-11/h2-8H,9H2,1H3,(H2,18,20)(H,19,21). The fraction of sp³-hybridized carbons (Fsp3) is 0.125. The number of benzene rings is 2. The lowest BCUT2D eigenvalue weighted by atomic mass is 10.1. The molecule has 0 unspecified atom stereocenters. The van der Waals surface area contributed by atoms with Crippen molar-refractivity contribution >= 4 is 29.3 Å². The van der Waals surface area contributed by atoms with Crippen LogP contribution in [0.2, 0.25) is 5.02 Å². The number of ether oxygens (including phenoxy) is 1. The van der Waals surface area contributed by atoms with Crippen LogP contribution in [0.3, 0.4) is 0 Å². The molecule has 2 amide bonds. The summed E-state index contributed by atoms with van der Waals surface area (Å²) in [6.45, 7) is 1.83. The van der Waals surface area contributed by atoms with Crippen molar-refractivity contribution in [2.24, 2.45) is 5.73 Å². The van der Waals surface area contributed by atoms with Gasteiger partial charge in [-0.3, -0.25) is 10.1 Å². The van der Waals surface area contributed by atoms with Gasteiger partial charge in [0, 0.05) is 16.3 Å². The van der Waals surface area contributed by atoms with E-state index in [1.54, 1.807) is 49.4 Å². The molecule has 2 aromatic rings. The minimum Gasteiger partial charge on any atom is -0.444 e. The van der Waals surface area contributed by atoms with Crippen LogP contribution >= 0.6 is 11.6 Å². The molecule has 0 aliphatic carbocycles. The van der Waals surface area contributed by atoms with Crippen LogP contribution in [0.15, 0.2) is 42.5 Å². The molecule has 0 aliphatic rings. The van der Waals surface area contributed by atoms with E-state index in [0.29, 0.717) is 21.8 Å². The van der Waals surface area contributed by atoms with Crippen LogP contribution in [0.1, 0.15) is 21.5 Å². The summed E-state index contributed by atoms with van der Waals surface area (Å²) in [5, 5.41) is 3.21. The summed E-state index contributed by atoms with van der Waals surface area (Å²) in [7, 11) is 0. The van der Waals surface area contributed by atoms with Crippen LogP contribution in [0.4, 0.5) is 10.5 Å². The Morgan fingerprint density at radius 3 is 2.50 bits per heavy atom. The molecular weight excluding hydrogens is 304 g/mol. The quantitative estimate of drug-likeness (QED) is 0.905. The zero-order chi connectivity index (χ0) is 16.1. The third-order valence-electron chi connectivity index (χ3n) is 3.12. The molecule has 3 N–H and O–H groups in total. The summed E-state index contributed by atoms with van der Waals surface area (Å²) in [6, 6.07) is 11.9. The Labute approximate surface area is 133 Å².